The number of hydrogen-bond donors (Lipinski definition) is 1. The molecule has 2 aliphatic carbocycles. The molecule has 0 bridgehead atoms. The SMILES string of the molecule is CCNC(Cc1ccc(Br)cc1)C1C2CCCC21. The van der Waals surface area contributed by atoms with Crippen molar-refractivity contribution in [2.24, 2.45) is 17.8 Å². The van der Waals surface area contributed by atoms with Crippen molar-refractivity contribution in [3.8, 4) is 0 Å². The Bertz CT molecular complexity index is 390. The Morgan fingerprint density at radius 1 is 1.22 bits per heavy atom. The summed E-state index contributed by atoms with van der Waals surface area (Å²) in [6, 6.07) is 9.53. The molecule has 1 aromatic rings. The lowest BCUT2D eigenvalue weighted by Gasteiger charge is -2.20. The third-order valence-corrected chi connectivity index (χ3v) is 5.30. The lowest BCUT2D eigenvalue weighted by Crippen LogP contribution is -2.34. The second-order valence-corrected chi connectivity index (χ2v) is 6.75. The van der Waals surface area contributed by atoms with E-state index in [2.05, 4.69) is 52.4 Å². The van der Waals surface area contributed by atoms with Gasteiger partial charge < -0.3 is 5.32 Å². The van der Waals surface area contributed by atoms with Gasteiger partial charge in [0.25, 0.3) is 0 Å². The van der Waals surface area contributed by atoms with Gasteiger partial charge in [0.1, 0.15) is 0 Å². The van der Waals surface area contributed by atoms with Gasteiger partial charge in [0, 0.05) is 10.5 Å². The van der Waals surface area contributed by atoms with Gasteiger partial charge in [0.05, 0.1) is 0 Å². The number of halogens is 1. The molecule has 3 unspecified atom stereocenters. The smallest absolute Gasteiger partial charge is 0.0175 e. The van der Waals surface area contributed by atoms with Gasteiger partial charge in [-0.3, -0.25) is 0 Å². The summed E-state index contributed by atoms with van der Waals surface area (Å²) in [6.07, 6.45) is 5.64. The molecule has 18 heavy (non-hydrogen) atoms. The van der Waals surface area contributed by atoms with Crippen LogP contribution in [0.25, 0.3) is 0 Å². The van der Waals surface area contributed by atoms with Crippen molar-refractivity contribution in [2.45, 2.75) is 38.6 Å². The standard InChI is InChI=1S/C16H22BrN/c1-2-18-15(16-13-4-3-5-14(13)16)10-11-6-8-12(17)9-7-11/h6-9,13-16,18H,2-5,10H2,1H3. The van der Waals surface area contributed by atoms with Crippen LogP contribution < -0.4 is 5.32 Å². The fourth-order valence-corrected chi connectivity index (χ4v) is 4.22. The van der Waals surface area contributed by atoms with Crippen LogP contribution in [0.2, 0.25) is 0 Å². The number of benzene rings is 1. The maximum Gasteiger partial charge on any atom is 0.0175 e. The van der Waals surface area contributed by atoms with Crippen LogP contribution in [0.5, 0.6) is 0 Å². The molecule has 98 valence electrons. The van der Waals surface area contributed by atoms with Crippen molar-refractivity contribution in [3.05, 3.63) is 34.3 Å². The van der Waals surface area contributed by atoms with Crippen molar-refractivity contribution >= 4 is 15.9 Å². The van der Waals surface area contributed by atoms with Crippen molar-refractivity contribution in [1.29, 1.82) is 0 Å². The third kappa shape index (κ3) is 2.50. The minimum Gasteiger partial charge on any atom is -0.314 e. The van der Waals surface area contributed by atoms with Crippen LogP contribution in [0.1, 0.15) is 31.7 Å². The van der Waals surface area contributed by atoms with Crippen LogP contribution in [-0.2, 0) is 6.42 Å². The fraction of sp³-hybridized carbons (Fsp3) is 0.625. The highest BCUT2D eigenvalue weighted by atomic mass is 79.9. The zero-order valence-electron chi connectivity index (χ0n) is 11.0. The highest BCUT2D eigenvalue weighted by Crippen LogP contribution is 2.59. The van der Waals surface area contributed by atoms with E-state index in [9.17, 15) is 0 Å². The summed E-state index contributed by atoms with van der Waals surface area (Å²) in [5.41, 5.74) is 1.47. The molecule has 0 radical (unpaired) electrons. The molecule has 0 amide bonds. The summed E-state index contributed by atoms with van der Waals surface area (Å²) in [5.74, 6) is 3.05. The maximum absolute atomic E-state index is 3.72. The summed E-state index contributed by atoms with van der Waals surface area (Å²) in [7, 11) is 0. The molecule has 0 aliphatic heterocycles. The summed E-state index contributed by atoms with van der Waals surface area (Å²) in [6.45, 7) is 3.32. The summed E-state index contributed by atoms with van der Waals surface area (Å²) in [5, 5.41) is 3.72. The van der Waals surface area contributed by atoms with Crippen LogP contribution in [0.4, 0.5) is 0 Å². The molecule has 2 heteroatoms. The molecule has 0 heterocycles. The van der Waals surface area contributed by atoms with Gasteiger partial charge in [-0.2, -0.15) is 0 Å². The van der Waals surface area contributed by atoms with Crippen LogP contribution in [0, 0.1) is 17.8 Å². The minimum absolute atomic E-state index is 0.700. The van der Waals surface area contributed by atoms with Gasteiger partial charge in [-0.1, -0.05) is 41.4 Å². The largest absolute Gasteiger partial charge is 0.314 e. The van der Waals surface area contributed by atoms with Crippen molar-refractivity contribution in [3.63, 3.8) is 0 Å². The Morgan fingerprint density at radius 3 is 2.50 bits per heavy atom. The summed E-state index contributed by atoms with van der Waals surface area (Å²) < 4.78 is 1.18. The van der Waals surface area contributed by atoms with Gasteiger partial charge in [0.2, 0.25) is 0 Å². The highest BCUT2D eigenvalue weighted by Gasteiger charge is 2.55. The van der Waals surface area contributed by atoms with Crippen LogP contribution in [0.3, 0.4) is 0 Å². The van der Waals surface area contributed by atoms with Gasteiger partial charge in [-0.05, 0) is 61.3 Å². The van der Waals surface area contributed by atoms with E-state index in [1.54, 1.807) is 0 Å². The zero-order chi connectivity index (χ0) is 12.5. The Labute approximate surface area is 118 Å². The molecule has 1 aromatic carbocycles. The van der Waals surface area contributed by atoms with E-state index in [-0.39, 0.29) is 0 Å². The van der Waals surface area contributed by atoms with Crippen molar-refractivity contribution in [1.82, 2.24) is 5.32 Å². The molecule has 3 atom stereocenters. The zero-order valence-corrected chi connectivity index (χ0v) is 12.6. The predicted octanol–water partition coefficient (Wildman–Crippen LogP) is 4.02. The lowest BCUT2D eigenvalue weighted by atomic mass is 9.97. The van der Waals surface area contributed by atoms with Gasteiger partial charge in [-0.25, -0.2) is 0 Å². The van der Waals surface area contributed by atoms with Gasteiger partial charge in [-0.15, -0.1) is 0 Å². The van der Waals surface area contributed by atoms with E-state index in [1.165, 1.54) is 35.7 Å². The number of hydrogen-bond acceptors (Lipinski definition) is 1. The molecule has 0 spiro atoms. The van der Waals surface area contributed by atoms with Crippen molar-refractivity contribution in [2.75, 3.05) is 6.54 Å². The van der Waals surface area contributed by atoms with E-state index in [4.69, 9.17) is 0 Å². The van der Waals surface area contributed by atoms with Crippen molar-refractivity contribution < 1.29 is 0 Å². The van der Waals surface area contributed by atoms with E-state index in [1.807, 2.05) is 0 Å². The number of rotatable bonds is 5. The molecule has 2 saturated carbocycles. The minimum atomic E-state index is 0.700. The van der Waals surface area contributed by atoms with Crippen LogP contribution >= 0.6 is 15.9 Å². The Kier molecular flexibility index (Phi) is 3.76. The Balaban J connectivity index is 1.65. The van der Waals surface area contributed by atoms with Gasteiger partial charge >= 0.3 is 0 Å². The first-order valence-corrected chi connectivity index (χ1v) is 8.06. The molecule has 2 fully saturated rings. The highest BCUT2D eigenvalue weighted by molar-refractivity contribution is 9.10. The van der Waals surface area contributed by atoms with Crippen LogP contribution in [0.15, 0.2) is 28.7 Å². The van der Waals surface area contributed by atoms with Crippen LogP contribution in [-0.4, -0.2) is 12.6 Å². The molecular formula is C16H22BrN. The first kappa shape index (κ1) is 12.7. The van der Waals surface area contributed by atoms with E-state index in [0.29, 0.717) is 6.04 Å². The molecule has 1 nitrogen and oxygen atoms in total. The molecule has 0 aromatic heterocycles. The Hall–Kier alpha value is -0.340. The molecule has 2 aliphatic rings. The summed E-state index contributed by atoms with van der Waals surface area (Å²) >= 11 is 3.51. The molecular weight excluding hydrogens is 286 g/mol. The first-order valence-electron chi connectivity index (χ1n) is 7.27. The second-order valence-electron chi connectivity index (χ2n) is 5.83. The monoisotopic (exact) mass is 307 g/mol. The summed E-state index contributed by atoms with van der Waals surface area (Å²) in [4.78, 5) is 0. The lowest BCUT2D eigenvalue weighted by molar-refractivity contribution is 0.411. The topological polar surface area (TPSA) is 12.0 Å². The second kappa shape index (κ2) is 5.34. The number of fused-ring (bicyclic) bond motifs is 1. The number of likely N-dealkylation sites (N-methyl/N-ethyl adjacent to an activating group) is 1. The van der Waals surface area contributed by atoms with E-state index < -0.39 is 0 Å². The third-order valence-electron chi connectivity index (χ3n) is 4.77. The van der Waals surface area contributed by atoms with Gasteiger partial charge in [0.15, 0.2) is 0 Å². The normalized spacial score (nSPS) is 31.1. The quantitative estimate of drug-likeness (QED) is 0.866. The average molecular weight is 308 g/mol. The number of nitrogens with one attached hydrogen (secondary N) is 1. The predicted molar refractivity (Wildman–Crippen MR) is 79.6 cm³/mol. The molecule has 0 saturated heterocycles. The molecule has 3 rings (SSSR count). The Morgan fingerprint density at radius 2 is 1.89 bits per heavy atom. The van der Waals surface area contributed by atoms with E-state index in [0.717, 1.165) is 24.3 Å². The average Bonchev–Trinajstić information content (AvgIpc) is 2.84. The van der Waals surface area contributed by atoms with E-state index >= 15 is 0 Å². The first-order chi connectivity index (χ1) is 8.79. The molecule has 1 N–H and O–H groups in total. The maximum atomic E-state index is 3.72. The fourth-order valence-electron chi connectivity index (χ4n) is 3.95.